The van der Waals surface area contributed by atoms with Crippen LogP contribution in [0.25, 0.3) is 0 Å². The van der Waals surface area contributed by atoms with Crippen LogP contribution in [0.15, 0.2) is 47.3 Å². The summed E-state index contributed by atoms with van der Waals surface area (Å²) in [4.78, 5) is 15.5. The summed E-state index contributed by atoms with van der Waals surface area (Å²) in [7, 11) is 0. The van der Waals surface area contributed by atoms with Gasteiger partial charge in [-0.05, 0) is 24.5 Å². The molecule has 2 atom stereocenters. The number of aromatic nitrogens is 1. The number of thioether (sulfide) groups is 1. The lowest BCUT2D eigenvalue weighted by Gasteiger charge is -2.35. The van der Waals surface area contributed by atoms with Crippen molar-refractivity contribution in [2.75, 3.05) is 6.26 Å². The van der Waals surface area contributed by atoms with E-state index in [0.717, 1.165) is 0 Å². The molecule has 0 aliphatic heterocycles. The molecule has 0 saturated carbocycles. The van der Waals surface area contributed by atoms with E-state index < -0.39 is 10.3 Å². The first-order valence-electron chi connectivity index (χ1n) is 6.14. The second kappa shape index (κ2) is 6.73. The number of rotatable bonds is 4. The zero-order chi connectivity index (χ0) is 15.5. The van der Waals surface area contributed by atoms with E-state index in [1.165, 1.54) is 18.7 Å². The third-order valence-corrected chi connectivity index (χ3v) is 4.72. The van der Waals surface area contributed by atoms with E-state index in [-0.39, 0.29) is 5.91 Å². The second-order valence-corrected chi connectivity index (χ2v) is 6.75. The molecular formula is C14H14Cl2N2O2S. The number of hydrogen-bond acceptors (Lipinski definition) is 4. The molecule has 0 radical (unpaired) electrons. The maximum absolute atomic E-state index is 11.4. The van der Waals surface area contributed by atoms with Gasteiger partial charge in [-0.3, -0.25) is 4.79 Å². The average Bonchev–Trinajstić information content (AvgIpc) is 2.43. The number of pyridine rings is 1. The minimum atomic E-state index is -0.929. The molecule has 0 bridgehead atoms. The normalized spacial score (nSPS) is 24.9. The number of amides is 1. The quantitative estimate of drug-likeness (QED) is 0.851. The largest absolute Gasteiger partial charge is 0.465 e. The van der Waals surface area contributed by atoms with Crippen molar-refractivity contribution in [3.05, 3.63) is 47.3 Å². The fourth-order valence-electron chi connectivity index (χ4n) is 1.89. The van der Waals surface area contributed by atoms with Gasteiger partial charge in [-0.25, -0.2) is 4.98 Å². The number of nitrogens with zero attached hydrogens (tertiary/aromatic N) is 1. The number of carbonyl (C=O) groups is 1. The van der Waals surface area contributed by atoms with E-state index in [0.29, 0.717) is 16.6 Å². The topological polar surface area (TPSA) is 51.2 Å². The lowest BCUT2D eigenvalue weighted by Crippen LogP contribution is -2.45. The molecule has 7 heteroatoms. The molecule has 112 valence electrons. The summed E-state index contributed by atoms with van der Waals surface area (Å²) in [5, 5.41) is 3.17. The highest BCUT2D eigenvalue weighted by Gasteiger charge is 2.42. The average molecular weight is 345 g/mol. The third kappa shape index (κ3) is 3.93. The predicted octanol–water partition coefficient (Wildman–Crippen LogP) is 3.28. The first-order valence-corrected chi connectivity index (χ1v) is 8.12. The van der Waals surface area contributed by atoms with Crippen LogP contribution in [0.1, 0.15) is 6.92 Å². The van der Waals surface area contributed by atoms with Crippen molar-refractivity contribution in [3.8, 4) is 5.88 Å². The van der Waals surface area contributed by atoms with Crippen molar-refractivity contribution in [2.45, 2.75) is 17.2 Å². The number of halogens is 2. The summed E-state index contributed by atoms with van der Waals surface area (Å²) in [6.07, 6.45) is 6.18. The van der Waals surface area contributed by atoms with E-state index >= 15 is 0 Å². The molecule has 1 aromatic heterocycles. The van der Waals surface area contributed by atoms with Crippen molar-refractivity contribution in [3.63, 3.8) is 0 Å². The van der Waals surface area contributed by atoms with Crippen molar-refractivity contribution >= 4 is 40.9 Å². The van der Waals surface area contributed by atoms with Crippen LogP contribution < -0.4 is 10.1 Å². The molecule has 0 aromatic carbocycles. The van der Waals surface area contributed by atoms with Crippen LogP contribution >= 0.6 is 35.0 Å². The second-order valence-electron chi connectivity index (χ2n) is 4.38. The van der Waals surface area contributed by atoms with Gasteiger partial charge in [-0.15, -0.1) is 11.8 Å². The summed E-state index contributed by atoms with van der Waals surface area (Å²) < 4.78 is 4.94. The first-order chi connectivity index (χ1) is 9.94. The van der Waals surface area contributed by atoms with E-state index in [4.69, 9.17) is 27.9 Å². The van der Waals surface area contributed by atoms with Crippen LogP contribution in [0, 0.1) is 0 Å². The van der Waals surface area contributed by atoms with Crippen LogP contribution in [0.4, 0.5) is 0 Å². The molecule has 2 unspecified atom stereocenters. The molecule has 1 aromatic rings. The number of hydrogen-bond donors (Lipinski definition) is 1. The van der Waals surface area contributed by atoms with Gasteiger partial charge < -0.3 is 10.1 Å². The number of allylic oxidation sites excluding steroid dienone is 2. The molecule has 1 aliphatic rings. The highest BCUT2D eigenvalue weighted by molar-refractivity contribution is 8.01. The van der Waals surface area contributed by atoms with Gasteiger partial charge in [0.25, 0.3) is 0 Å². The van der Waals surface area contributed by atoms with E-state index in [2.05, 4.69) is 10.3 Å². The third-order valence-electron chi connectivity index (χ3n) is 2.78. The van der Waals surface area contributed by atoms with Crippen LogP contribution in [0.5, 0.6) is 5.88 Å². The van der Waals surface area contributed by atoms with Gasteiger partial charge >= 0.3 is 0 Å². The van der Waals surface area contributed by atoms with Gasteiger partial charge in [0.2, 0.25) is 11.8 Å². The lowest BCUT2D eigenvalue weighted by atomic mass is 10.1. The molecule has 0 saturated heterocycles. The Morgan fingerprint density at radius 1 is 1.52 bits per heavy atom. The van der Waals surface area contributed by atoms with Crippen LogP contribution in [-0.4, -0.2) is 27.5 Å². The molecule has 1 heterocycles. The molecule has 1 amide bonds. The smallest absolute Gasteiger partial charge is 0.221 e. The Hall–Kier alpha value is -1.17. The predicted molar refractivity (Wildman–Crippen MR) is 86.6 cm³/mol. The molecule has 0 fully saturated rings. The van der Waals surface area contributed by atoms with Gasteiger partial charge in [-0.1, -0.05) is 29.3 Å². The van der Waals surface area contributed by atoms with Gasteiger partial charge in [0, 0.05) is 24.2 Å². The Kier molecular flexibility index (Phi) is 5.19. The van der Waals surface area contributed by atoms with E-state index in [1.807, 2.05) is 12.3 Å². The monoisotopic (exact) mass is 344 g/mol. The Bertz CT molecular complexity index is 592. The molecule has 1 N–H and O–H groups in total. The zero-order valence-electron chi connectivity index (χ0n) is 11.5. The van der Waals surface area contributed by atoms with Crippen LogP contribution in [-0.2, 0) is 4.79 Å². The summed E-state index contributed by atoms with van der Waals surface area (Å²) in [6.45, 7) is 1.42. The van der Waals surface area contributed by atoms with E-state index in [1.54, 1.807) is 30.5 Å². The highest BCUT2D eigenvalue weighted by Crippen LogP contribution is 2.42. The molecule has 21 heavy (non-hydrogen) atoms. The summed E-state index contributed by atoms with van der Waals surface area (Å²) in [5.41, 5.74) is 0.505. The maximum atomic E-state index is 11.4. The number of ether oxygens (including phenoxy) is 1. The van der Waals surface area contributed by atoms with Crippen LogP contribution in [0.3, 0.4) is 0 Å². The Morgan fingerprint density at radius 2 is 2.29 bits per heavy atom. The molecule has 2 rings (SSSR count). The van der Waals surface area contributed by atoms with Crippen molar-refractivity contribution < 1.29 is 9.53 Å². The van der Waals surface area contributed by atoms with E-state index in [9.17, 15) is 4.79 Å². The Labute approximate surface area is 137 Å². The minimum absolute atomic E-state index is 0.220. The molecule has 4 nitrogen and oxygen atoms in total. The van der Waals surface area contributed by atoms with Crippen molar-refractivity contribution in [1.29, 1.82) is 0 Å². The first kappa shape index (κ1) is 16.2. The number of carbonyl (C=O) groups excluding carboxylic acids is 1. The molecular weight excluding hydrogens is 331 g/mol. The van der Waals surface area contributed by atoms with Gasteiger partial charge in [0.05, 0.1) is 5.70 Å². The standard InChI is InChI=1S/C14H14Cl2N2O2S/c1-9(19)18-11-7-10(15)8-14(16,21-2)13(11)20-12-5-3-4-6-17-12/h3-8,13H,1-2H3,(H,18,19). The Morgan fingerprint density at radius 3 is 2.86 bits per heavy atom. The fourth-order valence-corrected chi connectivity index (χ4v) is 3.22. The van der Waals surface area contributed by atoms with Gasteiger partial charge in [-0.2, -0.15) is 0 Å². The van der Waals surface area contributed by atoms with Crippen LogP contribution in [0.2, 0.25) is 0 Å². The molecule has 0 spiro atoms. The van der Waals surface area contributed by atoms with Gasteiger partial charge in [0.1, 0.15) is 0 Å². The SMILES string of the molecule is CSC1(Cl)C=C(Cl)C=C(NC(C)=O)C1Oc1ccccn1. The van der Waals surface area contributed by atoms with Crippen molar-refractivity contribution in [2.24, 2.45) is 0 Å². The summed E-state index contributed by atoms with van der Waals surface area (Å²) in [6, 6.07) is 5.32. The highest BCUT2D eigenvalue weighted by atomic mass is 35.5. The molecule has 1 aliphatic carbocycles. The maximum Gasteiger partial charge on any atom is 0.221 e. The minimum Gasteiger partial charge on any atom is -0.465 e. The lowest BCUT2D eigenvalue weighted by molar-refractivity contribution is -0.118. The van der Waals surface area contributed by atoms with Crippen molar-refractivity contribution in [1.82, 2.24) is 10.3 Å². The van der Waals surface area contributed by atoms with Gasteiger partial charge in [0.15, 0.2) is 10.3 Å². The Balaban J connectivity index is 2.35. The summed E-state index contributed by atoms with van der Waals surface area (Å²) >= 11 is 14.1. The number of nitrogens with one attached hydrogen (secondary N) is 1. The number of alkyl halides is 1. The fraction of sp³-hybridized carbons (Fsp3) is 0.286. The zero-order valence-corrected chi connectivity index (χ0v) is 13.8. The summed E-state index contributed by atoms with van der Waals surface area (Å²) in [5.74, 6) is 0.201.